The van der Waals surface area contributed by atoms with Crippen LogP contribution in [0.5, 0.6) is 0 Å². The molecule has 2 aromatic rings. The highest BCUT2D eigenvalue weighted by Gasteiger charge is 2.17. The minimum atomic E-state index is 0.561. The molecule has 0 aromatic heterocycles. The van der Waals surface area contributed by atoms with Gasteiger partial charge in [-0.2, -0.15) is 0 Å². The van der Waals surface area contributed by atoms with Gasteiger partial charge in [-0.3, -0.25) is 0 Å². The molecule has 1 unspecified atom stereocenters. The summed E-state index contributed by atoms with van der Waals surface area (Å²) >= 11 is 3.77. The third-order valence-corrected chi connectivity index (χ3v) is 4.20. The lowest BCUT2D eigenvalue weighted by Gasteiger charge is -2.21. The van der Waals surface area contributed by atoms with E-state index in [4.69, 9.17) is 0 Å². The molecule has 0 amide bonds. The number of hydrogen-bond acceptors (Lipinski definition) is 0. The monoisotopic (exact) mass is 260 g/mol. The molecule has 0 N–H and O–H groups in total. The fourth-order valence-corrected chi connectivity index (χ4v) is 3.19. The van der Waals surface area contributed by atoms with Crippen molar-refractivity contribution in [2.24, 2.45) is 0 Å². The molecule has 3 rings (SSSR count). The Morgan fingerprint density at radius 2 is 1.80 bits per heavy atom. The molecule has 0 saturated heterocycles. The molecule has 2 aromatic carbocycles. The third kappa shape index (κ3) is 1.59. The largest absolute Gasteiger partial charge is 0.0839 e. The Labute approximate surface area is 98.4 Å². The maximum atomic E-state index is 3.77. The third-order valence-electron chi connectivity index (χ3n) is 3.25. The number of aryl methyl sites for hydroxylation is 1. The van der Waals surface area contributed by atoms with Crippen LogP contribution in [0.4, 0.5) is 0 Å². The van der Waals surface area contributed by atoms with Crippen LogP contribution in [0.1, 0.15) is 28.8 Å². The van der Waals surface area contributed by atoms with Gasteiger partial charge < -0.3 is 0 Å². The van der Waals surface area contributed by atoms with E-state index in [1.54, 1.807) is 0 Å². The summed E-state index contributed by atoms with van der Waals surface area (Å²) in [6.45, 7) is 0. The molecule has 1 heteroatoms. The van der Waals surface area contributed by atoms with Crippen molar-refractivity contribution in [1.29, 1.82) is 0 Å². The molecule has 1 aliphatic carbocycles. The molecule has 0 aliphatic heterocycles. The Balaban J connectivity index is 2.27. The van der Waals surface area contributed by atoms with Crippen molar-refractivity contribution < 1.29 is 0 Å². The molecule has 1 aliphatic rings. The first-order valence-corrected chi connectivity index (χ1v) is 6.42. The van der Waals surface area contributed by atoms with Crippen LogP contribution in [0.2, 0.25) is 0 Å². The molecule has 15 heavy (non-hydrogen) atoms. The molecular weight excluding hydrogens is 248 g/mol. The predicted octanol–water partition coefficient (Wildman–Crippen LogP) is 4.61. The van der Waals surface area contributed by atoms with E-state index in [0.717, 1.165) is 0 Å². The van der Waals surface area contributed by atoms with E-state index in [1.165, 1.54) is 41.2 Å². The van der Waals surface area contributed by atoms with E-state index in [1.807, 2.05) is 0 Å². The van der Waals surface area contributed by atoms with Gasteiger partial charge in [-0.1, -0.05) is 46.3 Å². The number of rotatable bonds is 0. The second kappa shape index (κ2) is 3.64. The second-order valence-electron chi connectivity index (χ2n) is 4.26. The molecule has 0 radical (unpaired) electrons. The van der Waals surface area contributed by atoms with Crippen LogP contribution in [0.3, 0.4) is 0 Å². The average Bonchev–Trinajstić information content (AvgIpc) is 2.27. The zero-order valence-corrected chi connectivity index (χ0v) is 10.1. The van der Waals surface area contributed by atoms with Crippen LogP contribution in [0, 0.1) is 0 Å². The zero-order chi connectivity index (χ0) is 10.3. The summed E-state index contributed by atoms with van der Waals surface area (Å²) < 4.78 is 0. The maximum absolute atomic E-state index is 3.77. The van der Waals surface area contributed by atoms with Gasteiger partial charge in [0, 0.05) is 4.83 Å². The lowest BCUT2D eigenvalue weighted by atomic mass is 9.89. The van der Waals surface area contributed by atoms with E-state index >= 15 is 0 Å². The van der Waals surface area contributed by atoms with E-state index in [-0.39, 0.29) is 0 Å². The minimum absolute atomic E-state index is 0.561. The van der Waals surface area contributed by atoms with Crippen LogP contribution < -0.4 is 0 Å². The Kier molecular flexibility index (Phi) is 2.28. The fraction of sp³-hybridized carbons (Fsp3) is 0.286. The van der Waals surface area contributed by atoms with Gasteiger partial charge in [0.2, 0.25) is 0 Å². The topological polar surface area (TPSA) is 0 Å². The Morgan fingerprint density at radius 1 is 1.07 bits per heavy atom. The highest BCUT2D eigenvalue weighted by molar-refractivity contribution is 9.09. The van der Waals surface area contributed by atoms with Gasteiger partial charge in [0.1, 0.15) is 0 Å². The molecule has 0 spiro atoms. The minimum Gasteiger partial charge on any atom is -0.0839 e. The van der Waals surface area contributed by atoms with Crippen LogP contribution in [-0.4, -0.2) is 0 Å². The van der Waals surface area contributed by atoms with E-state index in [0.29, 0.717) is 4.83 Å². The van der Waals surface area contributed by atoms with Crippen molar-refractivity contribution >= 4 is 26.7 Å². The van der Waals surface area contributed by atoms with Crippen molar-refractivity contribution in [2.75, 3.05) is 0 Å². The normalized spacial score (nSPS) is 20.2. The standard InChI is InChI=1S/C14H13Br/c15-14-7-3-6-12-8-10-4-1-2-5-11(10)9-13(12)14/h1-2,4-5,8-9,14H,3,6-7H2. The highest BCUT2D eigenvalue weighted by atomic mass is 79.9. The van der Waals surface area contributed by atoms with Gasteiger partial charge in [-0.15, -0.1) is 0 Å². The predicted molar refractivity (Wildman–Crippen MR) is 68.6 cm³/mol. The highest BCUT2D eigenvalue weighted by Crippen LogP contribution is 2.37. The van der Waals surface area contributed by atoms with Gasteiger partial charge in [0.05, 0.1) is 0 Å². The average molecular weight is 261 g/mol. The van der Waals surface area contributed by atoms with Crippen molar-refractivity contribution in [3.05, 3.63) is 47.5 Å². The van der Waals surface area contributed by atoms with Gasteiger partial charge in [0.25, 0.3) is 0 Å². The number of halogens is 1. The smallest absolute Gasteiger partial charge is 0.0398 e. The van der Waals surface area contributed by atoms with Crippen LogP contribution >= 0.6 is 15.9 Å². The Bertz CT molecular complexity index is 502. The molecule has 0 heterocycles. The number of hydrogen-bond donors (Lipinski definition) is 0. The van der Waals surface area contributed by atoms with E-state index in [9.17, 15) is 0 Å². The first-order chi connectivity index (χ1) is 7.34. The summed E-state index contributed by atoms with van der Waals surface area (Å²) in [4.78, 5) is 0.561. The van der Waals surface area contributed by atoms with Gasteiger partial charge in [-0.25, -0.2) is 0 Å². The van der Waals surface area contributed by atoms with Crippen LogP contribution in [-0.2, 0) is 6.42 Å². The van der Waals surface area contributed by atoms with Crippen molar-refractivity contribution in [1.82, 2.24) is 0 Å². The lowest BCUT2D eigenvalue weighted by molar-refractivity contribution is 0.682. The summed E-state index contributed by atoms with van der Waals surface area (Å²) in [5, 5.41) is 2.74. The first kappa shape index (κ1) is 9.41. The molecule has 0 nitrogen and oxygen atoms in total. The summed E-state index contributed by atoms with van der Waals surface area (Å²) in [6.07, 6.45) is 3.81. The SMILES string of the molecule is BrC1CCCc2cc3ccccc3cc21. The van der Waals surface area contributed by atoms with Gasteiger partial charge >= 0.3 is 0 Å². The molecule has 1 atom stereocenters. The first-order valence-electron chi connectivity index (χ1n) is 5.50. The van der Waals surface area contributed by atoms with Crippen LogP contribution in [0.15, 0.2) is 36.4 Å². The molecule has 0 saturated carbocycles. The Morgan fingerprint density at radius 3 is 2.60 bits per heavy atom. The van der Waals surface area contributed by atoms with Gasteiger partial charge in [-0.05, 0) is 47.2 Å². The summed E-state index contributed by atoms with van der Waals surface area (Å²) in [5.41, 5.74) is 3.03. The summed E-state index contributed by atoms with van der Waals surface area (Å²) in [5.74, 6) is 0. The summed E-state index contributed by atoms with van der Waals surface area (Å²) in [7, 11) is 0. The van der Waals surface area contributed by atoms with Crippen molar-refractivity contribution in [3.8, 4) is 0 Å². The molecule has 0 bridgehead atoms. The molecule has 76 valence electrons. The number of benzene rings is 2. The quantitative estimate of drug-likeness (QED) is 0.607. The second-order valence-corrected chi connectivity index (χ2v) is 5.36. The van der Waals surface area contributed by atoms with Crippen molar-refractivity contribution in [3.63, 3.8) is 0 Å². The molecule has 0 fully saturated rings. The molecular formula is C14H13Br. The van der Waals surface area contributed by atoms with Crippen molar-refractivity contribution in [2.45, 2.75) is 24.1 Å². The van der Waals surface area contributed by atoms with Crippen LogP contribution in [0.25, 0.3) is 10.8 Å². The number of alkyl halides is 1. The zero-order valence-electron chi connectivity index (χ0n) is 8.54. The Hall–Kier alpha value is -0.820. The summed E-state index contributed by atoms with van der Waals surface area (Å²) in [6, 6.07) is 13.3. The van der Waals surface area contributed by atoms with Gasteiger partial charge in [0.15, 0.2) is 0 Å². The van der Waals surface area contributed by atoms with E-state index in [2.05, 4.69) is 52.3 Å². The number of fused-ring (bicyclic) bond motifs is 2. The lowest BCUT2D eigenvalue weighted by Crippen LogP contribution is -2.04. The maximum Gasteiger partial charge on any atom is 0.0398 e. The fourth-order valence-electron chi connectivity index (χ4n) is 2.44. The van der Waals surface area contributed by atoms with E-state index < -0.39 is 0 Å².